The Hall–Kier alpha value is -6.09. The van der Waals surface area contributed by atoms with E-state index in [1.165, 1.54) is 4.57 Å². The van der Waals surface area contributed by atoms with Gasteiger partial charge in [-0.1, -0.05) is 0 Å². The molecule has 3 aliphatic heterocycles. The van der Waals surface area contributed by atoms with Gasteiger partial charge in [0.1, 0.15) is 17.5 Å². The molecule has 0 aliphatic carbocycles. The van der Waals surface area contributed by atoms with Gasteiger partial charge in [0.2, 0.25) is 17.7 Å². The van der Waals surface area contributed by atoms with E-state index in [2.05, 4.69) is 20.5 Å². The van der Waals surface area contributed by atoms with Crippen LogP contribution < -0.4 is 30.6 Å². The smallest absolute Gasteiger partial charge is 0.262 e. The monoisotopic (exact) mass is 777 g/mol. The minimum atomic E-state index is -0.997. The summed E-state index contributed by atoms with van der Waals surface area (Å²) in [6.07, 6.45) is 9.04. The molecule has 2 N–H and O–H groups in total. The summed E-state index contributed by atoms with van der Waals surface area (Å²) in [5, 5.41) is 7.14. The summed E-state index contributed by atoms with van der Waals surface area (Å²) >= 11 is 0. The van der Waals surface area contributed by atoms with Crippen LogP contribution in [0.5, 0.6) is 11.5 Å². The van der Waals surface area contributed by atoms with Crippen LogP contribution in [0, 0.1) is 0 Å². The summed E-state index contributed by atoms with van der Waals surface area (Å²) in [5.74, 6) is -0.920. The van der Waals surface area contributed by atoms with E-state index >= 15 is 0 Å². The summed E-state index contributed by atoms with van der Waals surface area (Å²) in [6.45, 7) is 2.55. The fraction of sp³-hybridized carbons (Fsp3) is 0.405. The van der Waals surface area contributed by atoms with Crippen molar-refractivity contribution in [3.63, 3.8) is 0 Å². The molecule has 5 heterocycles. The lowest BCUT2D eigenvalue weighted by molar-refractivity contribution is -0.136. The zero-order valence-electron chi connectivity index (χ0n) is 32.6. The first-order valence-electron chi connectivity index (χ1n) is 19.3. The number of hydrogen-bond donors (Lipinski definition) is 2. The van der Waals surface area contributed by atoms with Crippen molar-refractivity contribution in [1.29, 1.82) is 0 Å². The van der Waals surface area contributed by atoms with Crippen LogP contribution in [-0.4, -0.2) is 102 Å². The van der Waals surface area contributed by atoms with Gasteiger partial charge in [0.05, 0.1) is 42.8 Å². The molecule has 0 bridgehead atoms. The fourth-order valence-electron chi connectivity index (χ4n) is 8.09. The van der Waals surface area contributed by atoms with E-state index in [9.17, 15) is 28.8 Å². The van der Waals surface area contributed by atoms with Crippen LogP contribution in [-0.2, 0) is 28.0 Å². The predicted octanol–water partition coefficient (Wildman–Crippen LogP) is 3.41. The molecule has 2 atom stereocenters. The average Bonchev–Trinajstić information content (AvgIpc) is 3.46. The third-order valence-corrected chi connectivity index (χ3v) is 11.2. The number of nitrogens with zero attached hydrogens (tertiary/aromatic N) is 5. The van der Waals surface area contributed by atoms with Crippen molar-refractivity contribution in [3.05, 3.63) is 82.0 Å². The van der Waals surface area contributed by atoms with Gasteiger partial charge in [-0.25, -0.2) is 0 Å². The number of aromatic nitrogens is 2. The van der Waals surface area contributed by atoms with Gasteiger partial charge in [-0.2, -0.15) is 0 Å². The number of methoxy groups -OCH3 is 2. The first kappa shape index (κ1) is 39.2. The average molecular weight is 778 g/mol. The highest BCUT2D eigenvalue weighted by Gasteiger charge is 2.45. The van der Waals surface area contributed by atoms with E-state index in [-0.39, 0.29) is 48.0 Å². The Morgan fingerprint density at radius 3 is 2.44 bits per heavy atom. The van der Waals surface area contributed by atoms with Crippen molar-refractivity contribution in [2.45, 2.75) is 63.6 Å². The van der Waals surface area contributed by atoms with E-state index in [4.69, 9.17) is 9.47 Å². The lowest BCUT2D eigenvalue weighted by Gasteiger charge is -2.35. The Balaban J connectivity index is 0.910. The molecule has 4 aromatic rings. The van der Waals surface area contributed by atoms with Crippen LogP contribution >= 0.6 is 0 Å². The lowest BCUT2D eigenvalue weighted by atomic mass is 9.99. The van der Waals surface area contributed by atoms with E-state index in [1.54, 1.807) is 63.9 Å². The van der Waals surface area contributed by atoms with E-state index in [1.807, 2.05) is 24.3 Å². The quantitative estimate of drug-likeness (QED) is 0.151. The number of rotatable bonds is 13. The summed E-state index contributed by atoms with van der Waals surface area (Å²) in [4.78, 5) is 85.6. The number of amides is 5. The Morgan fingerprint density at radius 2 is 1.70 bits per heavy atom. The van der Waals surface area contributed by atoms with Crippen molar-refractivity contribution < 1.29 is 33.4 Å². The second-order valence-corrected chi connectivity index (χ2v) is 14.9. The Kier molecular flexibility index (Phi) is 11.4. The van der Waals surface area contributed by atoms with Crippen molar-refractivity contribution in [3.8, 4) is 22.6 Å². The van der Waals surface area contributed by atoms with E-state index in [0.717, 1.165) is 71.6 Å². The number of aryl methyl sites for hydroxylation is 1. The van der Waals surface area contributed by atoms with Gasteiger partial charge in [0.25, 0.3) is 17.4 Å². The third kappa shape index (κ3) is 7.84. The number of carbonyl (C=O) groups is 5. The van der Waals surface area contributed by atoms with Crippen molar-refractivity contribution in [1.82, 2.24) is 30.0 Å². The van der Waals surface area contributed by atoms with Crippen LogP contribution in [0.1, 0.15) is 71.2 Å². The number of ether oxygens (including phenoxy) is 2. The summed E-state index contributed by atoms with van der Waals surface area (Å²) in [5.41, 5.74) is 3.61. The molecule has 0 saturated carbocycles. The Labute approximate surface area is 329 Å². The number of carbonyl (C=O) groups excluding carboxylic acids is 5. The molecule has 2 aromatic carbocycles. The molecule has 2 unspecified atom stereocenters. The van der Waals surface area contributed by atoms with Crippen molar-refractivity contribution in [2.75, 3.05) is 45.8 Å². The molecule has 298 valence electrons. The number of unbranched alkanes of at least 4 members (excludes halogenated alkanes) is 1. The van der Waals surface area contributed by atoms with Gasteiger partial charge in [-0.3, -0.25) is 44.0 Å². The Bertz CT molecular complexity index is 2300. The number of anilines is 1. The molecule has 2 aromatic heterocycles. The maximum Gasteiger partial charge on any atom is 0.262 e. The van der Waals surface area contributed by atoms with E-state index in [0.29, 0.717) is 29.7 Å². The zero-order valence-corrected chi connectivity index (χ0v) is 32.6. The maximum atomic E-state index is 13.4. The highest BCUT2D eigenvalue weighted by Crippen LogP contribution is 2.38. The SMILES string of the molecule is COc1cc(-c2cn(C)c(=O)c3cnccc23)cc(OC)c1CN(C)C(=O)CCCCNC1CCCN(c2ccc3c(c2)C(=O)N(C2CCC(=O)NC2=O)C3=O)C1. The molecule has 57 heavy (non-hydrogen) atoms. The molecule has 2 fully saturated rings. The molecular formula is C42H47N7O8. The Morgan fingerprint density at radius 1 is 0.947 bits per heavy atom. The highest BCUT2D eigenvalue weighted by atomic mass is 16.5. The molecule has 0 spiro atoms. The lowest BCUT2D eigenvalue weighted by Crippen LogP contribution is -2.54. The van der Waals surface area contributed by atoms with Crippen LogP contribution in [0.15, 0.2) is 59.8 Å². The topological polar surface area (TPSA) is 172 Å². The van der Waals surface area contributed by atoms with Gasteiger partial charge in [0, 0.05) is 75.9 Å². The van der Waals surface area contributed by atoms with Gasteiger partial charge < -0.3 is 29.2 Å². The van der Waals surface area contributed by atoms with Gasteiger partial charge in [-0.15, -0.1) is 0 Å². The number of imide groups is 2. The minimum absolute atomic E-state index is 0.00406. The van der Waals surface area contributed by atoms with Crippen molar-refractivity contribution >= 4 is 46.0 Å². The minimum Gasteiger partial charge on any atom is -0.496 e. The number of benzene rings is 2. The van der Waals surface area contributed by atoms with Crippen molar-refractivity contribution in [2.24, 2.45) is 7.05 Å². The first-order valence-corrected chi connectivity index (χ1v) is 19.3. The normalized spacial score (nSPS) is 18.2. The summed E-state index contributed by atoms with van der Waals surface area (Å²) < 4.78 is 13.1. The van der Waals surface area contributed by atoms with Crippen LogP contribution in [0.3, 0.4) is 0 Å². The van der Waals surface area contributed by atoms with Gasteiger partial charge >= 0.3 is 0 Å². The van der Waals surface area contributed by atoms with Crippen LogP contribution in [0.2, 0.25) is 0 Å². The zero-order chi connectivity index (χ0) is 40.4. The maximum absolute atomic E-state index is 13.4. The molecule has 2 saturated heterocycles. The molecule has 0 radical (unpaired) electrons. The summed E-state index contributed by atoms with van der Waals surface area (Å²) in [6, 6.07) is 10.1. The molecule has 3 aliphatic rings. The van der Waals surface area contributed by atoms with Gasteiger partial charge in [-0.05, 0) is 86.0 Å². The number of fused-ring (bicyclic) bond motifs is 2. The molecule has 15 nitrogen and oxygen atoms in total. The number of hydrogen-bond acceptors (Lipinski definition) is 11. The first-order chi connectivity index (χ1) is 27.5. The molecule has 7 rings (SSSR count). The second kappa shape index (κ2) is 16.6. The highest BCUT2D eigenvalue weighted by molar-refractivity contribution is 6.23. The number of nitrogens with one attached hydrogen (secondary N) is 2. The fourth-order valence-corrected chi connectivity index (χ4v) is 8.09. The van der Waals surface area contributed by atoms with Crippen LogP contribution in [0.25, 0.3) is 21.9 Å². The predicted molar refractivity (Wildman–Crippen MR) is 212 cm³/mol. The largest absolute Gasteiger partial charge is 0.496 e. The molecule has 5 amide bonds. The number of piperidine rings is 2. The third-order valence-electron chi connectivity index (χ3n) is 11.2. The molecular weight excluding hydrogens is 731 g/mol. The van der Waals surface area contributed by atoms with Crippen LogP contribution in [0.4, 0.5) is 5.69 Å². The van der Waals surface area contributed by atoms with Gasteiger partial charge in [0.15, 0.2) is 0 Å². The second-order valence-electron chi connectivity index (χ2n) is 14.9. The van der Waals surface area contributed by atoms with E-state index < -0.39 is 29.7 Å². The summed E-state index contributed by atoms with van der Waals surface area (Å²) in [7, 11) is 6.64. The molecule has 15 heteroatoms. The standard InChI is InChI=1S/C42H47N7O8/c1-46(24-33-35(56-3)18-25(19-36(33)57-4)32-23-47(2)40(53)31-21-43-16-14-28(31)32)38(51)9-5-6-15-44-26-8-7-17-48(22-26)27-10-11-29-30(20-27)42(55)49(41(29)54)34-12-13-37(50)45-39(34)52/h10-11,14,16,18-21,23,26,34,44H,5-9,12-13,15,17,22,24H2,1-4H3,(H,45,50,52). The number of pyridine rings is 2.